The first-order valence-corrected chi connectivity index (χ1v) is 8.54. The molecule has 0 bridgehead atoms. The number of Topliss-reactive ketones (excluding diaryl/α,β-unsaturated/α-hetero) is 1. The Morgan fingerprint density at radius 3 is 2.56 bits per heavy atom. The first kappa shape index (κ1) is 16.7. The van der Waals surface area contributed by atoms with E-state index in [4.69, 9.17) is 5.26 Å². The third-order valence-corrected chi connectivity index (χ3v) is 4.68. The first-order valence-electron chi connectivity index (χ1n) is 8.54. The lowest BCUT2D eigenvalue weighted by atomic mass is 9.90. The van der Waals surface area contributed by atoms with Gasteiger partial charge in [0.2, 0.25) is 0 Å². The number of halogens is 1. The molecule has 1 aliphatic rings. The van der Waals surface area contributed by atoms with E-state index in [1.807, 2.05) is 36.4 Å². The minimum Gasteiger partial charge on any atom is -0.361 e. The SMILES string of the molecule is N#Cc1cccc(N/C=C2\C(=O)c3c(F)cccc3[C@@H]2c2ccccc2)c1. The molecule has 1 aliphatic carbocycles. The second-order valence-electron chi connectivity index (χ2n) is 6.31. The number of hydrogen-bond acceptors (Lipinski definition) is 3. The summed E-state index contributed by atoms with van der Waals surface area (Å²) in [5, 5.41) is 12.1. The van der Waals surface area contributed by atoms with E-state index < -0.39 is 5.82 Å². The van der Waals surface area contributed by atoms with Gasteiger partial charge in [0.05, 0.1) is 17.2 Å². The molecule has 27 heavy (non-hydrogen) atoms. The van der Waals surface area contributed by atoms with Gasteiger partial charge in [0.1, 0.15) is 5.82 Å². The summed E-state index contributed by atoms with van der Waals surface area (Å²) in [6.45, 7) is 0. The fraction of sp³-hybridized carbons (Fsp3) is 0.0435. The predicted octanol–water partition coefficient (Wildman–Crippen LogP) is 5.02. The maximum Gasteiger partial charge on any atom is 0.194 e. The van der Waals surface area contributed by atoms with Crippen LogP contribution in [0.2, 0.25) is 0 Å². The van der Waals surface area contributed by atoms with Crippen LogP contribution in [0, 0.1) is 17.1 Å². The molecule has 0 amide bonds. The second kappa shape index (κ2) is 6.89. The van der Waals surface area contributed by atoms with Crippen LogP contribution in [0.25, 0.3) is 0 Å². The Morgan fingerprint density at radius 1 is 1.00 bits per heavy atom. The molecule has 3 nitrogen and oxygen atoms in total. The summed E-state index contributed by atoms with van der Waals surface area (Å²) in [5.74, 6) is -1.16. The molecule has 0 heterocycles. The van der Waals surface area contributed by atoms with Crippen molar-refractivity contribution in [3.05, 3.63) is 113 Å². The molecule has 3 aromatic carbocycles. The van der Waals surface area contributed by atoms with Crippen LogP contribution in [0.3, 0.4) is 0 Å². The standard InChI is InChI=1S/C23H15FN2O/c24-20-11-5-10-18-21(16-7-2-1-3-8-16)19(23(27)22(18)20)14-26-17-9-4-6-15(12-17)13-25/h1-12,14,21,26H/b19-14-/t21-/m0/s1. The van der Waals surface area contributed by atoms with Gasteiger partial charge >= 0.3 is 0 Å². The van der Waals surface area contributed by atoms with Crippen molar-refractivity contribution >= 4 is 11.5 Å². The minimum atomic E-state index is -0.506. The van der Waals surface area contributed by atoms with Gasteiger partial charge < -0.3 is 5.32 Å². The molecular weight excluding hydrogens is 339 g/mol. The summed E-state index contributed by atoms with van der Waals surface area (Å²) in [6.07, 6.45) is 1.62. The van der Waals surface area contributed by atoms with Crippen LogP contribution in [0.15, 0.2) is 84.6 Å². The van der Waals surface area contributed by atoms with Crippen LogP contribution >= 0.6 is 0 Å². The number of carbonyl (C=O) groups excluding carboxylic acids is 1. The lowest BCUT2D eigenvalue weighted by molar-refractivity contribution is 0.103. The van der Waals surface area contributed by atoms with E-state index in [-0.39, 0.29) is 17.3 Å². The highest BCUT2D eigenvalue weighted by Crippen LogP contribution is 2.42. The van der Waals surface area contributed by atoms with Crippen molar-refractivity contribution in [3.8, 4) is 6.07 Å². The molecule has 0 unspecified atom stereocenters. The van der Waals surface area contributed by atoms with Crippen molar-refractivity contribution in [2.45, 2.75) is 5.92 Å². The van der Waals surface area contributed by atoms with Crippen molar-refractivity contribution < 1.29 is 9.18 Å². The summed E-state index contributed by atoms with van der Waals surface area (Å²) < 4.78 is 14.4. The van der Waals surface area contributed by atoms with Gasteiger partial charge in [-0.15, -0.1) is 0 Å². The van der Waals surface area contributed by atoms with Gasteiger partial charge in [0, 0.05) is 23.4 Å². The number of carbonyl (C=O) groups is 1. The topological polar surface area (TPSA) is 52.9 Å². The van der Waals surface area contributed by atoms with Gasteiger partial charge in [-0.1, -0.05) is 48.5 Å². The second-order valence-corrected chi connectivity index (χ2v) is 6.31. The molecule has 130 valence electrons. The summed E-state index contributed by atoms with van der Waals surface area (Å²) in [7, 11) is 0. The molecule has 0 radical (unpaired) electrons. The van der Waals surface area contributed by atoms with Gasteiger partial charge in [0.25, 0.3) is 0 Å². The zero-order chi connectivity index (χ0) is 18.8. The Hall–Kier alpha value is -3.71. The number of benzene rings is 3. The smallest absolute Gasteiger partial charge is 0.194 e. The highest BCUT2D eigenvalue weighted by atomic mass is 19.1. The average molecular weight is 354 g/mol. The Balaban J connectivity index is 1.79. The van der Waals surface area contributed by atoms with E-state index in [0.29, 0.717) is 22.4 Å². The lowest BCUT2D eigenvalue weighted by Crippen LogP contribution is -2.05. The van der Waals surface area contributed by atoms with Crippen LogP contribution in [0.4, 0.5) is 10.1 Å². The highest BCUT2D eigenvalue weighted by molar-refractivity contribution is 6.15. The molecule has 3 aromatic rings. The maximum absolute atomic E-state index is 14.4. The third-order valence-electron chi connectivity index (χ3n) is 4.68. The van der Waals surface area contributed by atoms with Crippen molar-refractivity contribution in [2.24, 2.45) is 0 Å². The number of hydrogen-bond donors (Lipinski definition) is 1. The number of anilines is 1. The van der Waals surface area contributed by atoms with E-state index in [2.05, 4.69) is 11.4 Å². The number of fused-ring (bicyclic) bond motifs is 1. The van der Waals surface area contributed by atoms with Crippen molar-refractivity contribution in [1.82, 2.24) is 0 Å². The number of rotatable bonds is 3. The highest BCUT2D eigenvalue weighted by Gasteiger charge is 2.37. The third kappa shape index (κ3) is 3.00. The van der Waals surface area contributed by atoms with Crippen LogP contribution in [0.1, 0.15) is 33.0 Å². The zero-order valence-corrected chi connectivity index (χ0v) is 14.3. The van der Waals surface area contributed by atoms with E-state index in [0.717, 1.165) is 5.56 Å². The molecule has 0 aliphatic heterocycles. The Labute approximate surface area is 156 Å². The molecule has 4 rings (SSSR count). The predicted molar refractivity (Wildman–Crippen MR) is 102 cm³/mol. The molecule has 1 atom stereocenters. The van der Waals surface area contributed by atoms with Crippen LogP contribution < -0.4 is 5.32 Å². The van der Waals surface area contributed by atoms with Gasteiger partial charge in [-0.05, 0) is 35.4 Å². The van der Waals surface area contributed by atoms with Gasteiger partial charge in [-0.25, -0.2) is 4.39 Å². The zero-order valence-electron chi connectivity index (χ0n) is 14.3. The maximum atomic E-state index is 14.4. The van der Waals surface area contributed by atoms with E-state index >= 15 is 0 Å². The van der Waals surface area contributed by atoms with Crippen LogP contribution in [-0.4, -0.2) is 5.78 Å². The van der Waals surface area contributed by atoms with Gasteiger partial charge in [-0.3, -0.25) is 4.79 Å². The first-order chi connectivity index (χ1) is 13.2. The minimum absolute atomic E-state index is 0.130. The van der Waals surface area contributed by atoms with Gasteiger partial charge in [0.15, 0.2) is 5.78 Å². The van der Waals surface area contributed by atoms with Crippen LogP contribution in [0.5, 0.6) is 0 Å². The van der Waals surface area contributed by atoms with E-state index in [1.165, 1.54) is 6.07 Å². The molecule has 0 spiro atoms. The molecule has 1 N–H and O–H groups in total. The fourth-order valence-electron chi connectivity index (χ4n) is 3.46. The summed E-state index contributed by atoms with van der Waals surface area (Å²) >= 11 is 0. The normalized spacial score (nSPS) is 16.8. The molecule has 0 saturated carbocycles. The van der Waals surface area contributed by atoms with Crippen molar-refractivity contribution in [3.63, 3.8) is 0 Å². The molecule has 0 saturated heterocycles. The molecule has 0 aromatic heterocycles. The monoisotopic (exact) mass is 354 g/mol. The summed E-state index contributed by atoms with van der Waals surface area (Å²) in [6, 6.07) is 23.4. The average Bonchev–Trinajstić information content (AvgIpc) is 3.00. The molecular formula is C23H15FN2O. The summed E-state index contributed by atoms with van der Waals surface area (Å²) in [4.78, 5) is 12.9. The Morgan fingerprint density at radius 2 is 1.78 bits per heavy atom. The number of allylic oxidation sites excluding steroid dienone is 1. The fourth-order valence-corrected chi connectivity index (χ4v) is 3.46. The molecule has 0 fully saturated rings. The number of nitrogens with one attached hydrogen (secondary N) is 1. The largest absolute Gasteiger partial charge is 0.361 e. The lowest BCUT2D eigenvalue weighted by Gasteiger charge is -2.14. The van der Waals surface area contributed by atoms with Crippen LogP contribution in [-0.2, 0) is 0 Å². The number of nitrogens with zero attached hydrogens (tertiary/aromatic N) is 1. The van der Waals surface area contributed by atoms with E-state index in [9.17, 15) is 9.18 Å². The molecule has 4 heteroatoms. The van der Waals surface area contributed by atoms with Crippen molar-refractivity contribution in [2.75, 3.05) is 5.32 Å². The van der Waals surface area contributed by atoms with Gasteiger partial charge in [-0.2, -0.15) is 5.26 Å². The van der Waals surface area contributed by atoms with Crippen molar-refractivity contribution in [1.29, 1.82) is 5.26 Å². The Bertz CT molecular complexity index is 1100. The number of nitriles is 1. The quantitative estimate of drug-likeness (QED) is 0.672. The number of ketones is 1. The van der Waals surface area contributed by atoms with E-state index in [1.54, 1.807) is 36.5 Å². The summed E-state index contributed by atoms with van der Waals surface area (Å²) in [5.41, 5.74) is 3.41. The Kier molecular flexibility index (Phi) is 4.27.